The van der Waals surface area contributed by atoms with Crippen LogP contribution in [0, 0.1) is 0 Å². The van der Waals surface area contributed by atoms with Crippen molar-refractivity contribution in [1.29, 1.82) is 0 Å². The highest BCUT2D eigenvalue weighted by molar-refractivity contribution is 7.54. The maximum atomic E-state index is 12.3. The van der Waals surface area contributed by atoms with Gasteiger partial charge in [0.25, 0.3) is 0 Å². The maximum Gasteiger partial charge on any atom is 0.378 e. The minimum atomic E-state index is -2.99. The summed E-state index contributed by atoms with van der Waals surface area (Å²) in [6.45, 7) is 10.4. The molecule has 0 saturated heterocycles. The van der Waals surface area contributed by atoms with E-state index in [1.54, 1.807) is 0 Å². The first-order chi connectivity index (χ1) is 8.30. The normalized spacial score (nSPS) is 15.2. The van der Waals surface area contributed by atoms with Gasteiger partial charge in [0.15, 0.2) is 0 Å². The fourth-order valence-electron chi connectivity index (χ4n) is 1.56. The van der Waals surface area contributed by atoms with Crippen LogP contribution in [-0.4, -0.2) is 12.8 Å². The van der Waals surface area contributed by atoms with Crippen LogP contribution < -0.4 is 4.52 Å². The van der Waals surface area contributed by atoms with Gasteiger partial charge in [0.05, 0.1) is 12.8 Å². The fraction of sp³-hybridized carbons (Fsp3) is 0.571. The Bertz CT molecular complexity index is 435. The molecule has 0 spiro atoms. The molecule has 0 heterocycles. The summed E-state index contributed by atoms with van der Waals surface area (Å²) in [6.07, 6.45) is 0.376. The Morgan fingerprint density at radius 2 is 1.89 bits per heavy atom. The smallest absolute Gasteiger partial charge is 0.378 e. The van der Waals surface area contributed by atoms with Crippen LogP contribution in [0.1, 0.15) is 40.2 Å². The van der Waals surface area contributed by atoms with Gasteiger partial charge in [0.1, 0.15) is 5.75 Å². The van der Waals surface area contributed by atoms with E-state index in [0.717, 1.165) is 5.56 Å². The molecule has 1 unspecified atom stereocenters. The lowest BCUT2D eigenvalue weighted by Crippen LogP contribution is -2.11. The summed E-state index contributed by atoms with van der Waals surface area (Å²) in [5, 5.41) is 0. The summed E-state index contributed by atoms with van der Waals surface area (Å²) in [7, 11) is -2.99. The molecular formula is C14H23O3P. The fourth-order valence-corrected chi connectivity index (χ4v) is 2.75. The Labute approximate surface area is 110 Å². The molecule has 1 aromatic rings. The van der Waals surface area contributed by atoms with Crippen molar-refractivity contribution in [3.8, 4) is 5.75 Å². The van der Waals surface area contributed by atoms with Crippen molar-refractivity contribution in [2.24, 2.45) is 0 Å². The second-order valence-corrected chi connectivity index (χ2v) is 7.51. The predicted octanol–water partition coefficient (Wildman–Crippen LogP) is 4.61. The lowest BCUT2D eigenvalue weighted by Gasteiger charge is -2.21. The van der Waals surface area contributed by atoms with E-state index >= 15 is 0 Å². The van der Waals surface area contributed by atoms with Crippen LogP contribution in [0.25, 0.3) is 0 Å². The Hall–Kier alpha value is -0.790. The van der Waals surface area contributed by atoms with Crippen molar-refractivity contribution < 1.29 is 13.6 Å². The molecule has 1 aromatic carbocycles. The molecule has 0 aliphatic heterocycles. The number of hydrogen-bond acceptors (Lipinski definition) is 3. The molecule has 0 aliphatic carbocycles. The molecule has 0 amide bonds. The van der Waals surface area contributed by atoms with Gasteiger partial charge in [-0.05, 0) is 30.0 Å². The van der Waals surface area contributed by atoms with Crippen LogP contribution >= 0.6 is 7.60 Å². The first kappa shape index (κ1) is 15.3. The topological polar surface area (TPSA) is 35.5 Å². The van der Waals surface area contributed by atoms with Crippen molar-refractivity contribution >= 4 is 7.60 Å². The zero-order chi connectivity index (χ0) is 13.8. The maximum absolute atomic E-state index is 12.3. The van der Waals surface area contributed by atoms with Crippen LogP contribution in [0.15, 0.2) is 24.3 Å². The second-order valence-electron chi connectivity index (χ2n) is 5.21. The molecule has 0 saturated carbocycles. The van der Waals surface area contributed by atoms with E-state index in [9.17, 15) is 4.57 Å². The lowest BCUT2D eigenvalue weighted by atomic mass is 9.87. The molecule has 0 fully saturated rings. The minimum absolute atomic E-state index is 0.0428. The highest BCUT2D eigenvalue weighted by Gasteiger charge is 2.23. The third kappa shape index (κ3) is 4.15. The van der Waals surface area contributed by atoms with Crippen molar-refractivity contribution in [3.05, 3.63) is 29.8 Å². The highest BCUT2D eigenvalue weighted by atomic mass is 31.2. The van der Waals surface area contributed by atoms with Gasteiger partial charge in [0.2, 0.25) is 0 Å². The van der Waals surface area contributed by atoms with Crippen molar-refractivity contribution in [2.45, 2.75) is 40.0 Å². The Balaban J connectivity index is 2.95. The first-order valence-electron chi connectivity index (χ1n) is 6.34. The van der Waals surface area contributed by atoms with Crippen molar-refractivity contribution in [2.75, 3.05) is 12.8 Å². The second kappa shape index (κ2) is 5.90. The summed E-state index contributed by atoms with van der Waals surface area (Å²) < 4.78 is 23.1. The van der Waals surface area contributed by atoms with E-state index in [1.165, 1.54) is 0 Å². The molecule has 0 aliphatic rings. The molecule has 1 atom stereocenters. The van der Waals surface area contributed by atoms with Crippen LogP contribution in [0.2, 0.25) is 0 Å². The lowest BCUT2D eigenvalue weighted by molar-refractivity contribution is 0.280. The van der Waals surface area contributed by atoms with E-state index in [0.29, 0.717) is 18.5 Å². The monoisotopic (exact) mass is 270 g/mol. The molecule has 0 radical (unpaired) electrons. The van der Waals surface area contributed by atoms with E-state index < -0.39 is 7.60 Å². The zero-order valence-electron chi connectivity index (χ0n) is 11.9. The van der Waals surface area contributed by atoms with Gasteiger partial charge < -0.3 is 9.05 Å². The summed E-state index contributed by atoms with van der Waals surface area (Å²) >= 11 is 0. The van der Waals surface area contributed by atoms with Crippen LogP contribution in [0.5, 0.6) is 5.75 Å². The molecule has 0 aromatic heterocycles. The average Bonchev–Trinajstić information content (AvgIpc) is 2.28. The van der Waals surface area contributed by atoms with E-state index in [4.69, 9.17) is 9.05 Å². The number of benzene rings is 1. The standard InChI is InChI=1S/C14H23O3P/c1-6-16-18(15,7-2)17-13-10-8-9-12(11-13)14(3,4)5/h8-11H,6-7H2,1-5H3. The van der Waals surface area contributed by atoms with Crippen LogP contribution in [0.4, 0.5) is 0 Å². The molecule has 4 heteroatoms. The van der Waals surface area contributed by atoms with E-state index in [2.05, 4.69) is 20.8 Å². The molecule has 1 rings (SSSR count). The molecule has 0 N–H and O–H groups in total. The van der Waals surface area contributed by atoms with Gasteiger partial charge >= 0.3 is 7.60 Å². The number of rotatable bonds is 5. The van der Waals surface area contributed by atoms with Gasteiger partial charge in [-0.2, -0.15) is 0 Å². The Morgan fingerprint density at radius 1 is 1.22 bits per heavy atom. The van der Waals surface area contributed by atoms with Gasteiger partial charge in [-0.3, -0.25) is 0 Å². The summed E-state index contributed by atoms with van der Waals surface area (Å²) in [5.74, 6) is 0.612. The minimum Gasteiger partial charge on any atom is -0.424 e. The zero-order valence-corrected chi connectivity index (χ0v) is 12.8. The molecule has 0 bridgehead atoms. The third-order valence-electron chi connectivity index (χ3n) is 2.66. The van der Waals surface area contributed by atoms with Gasteiger partial charge in [-0.25, -0.2) is 4.57 Å². The Morgan fingerprint density at radius 3 is 2.39 bits per heavy atom. The van der Waals surface area contributed by atoms with Crippen molar-refractivity contribution in [3.63, 3.8) is 0 Å². The van der Waals surface area contributed by atoms with Crippen LogP contribution in [0.3, 0.4) is 0 Å². The molecule has 3 nitrogen and oxygen atoms in total. The van der Waals surface area contributed by atoms with Gasteiger partial charge in [-0.15, -0.1) is 0 Å². The largest absolute Gasteiger partial charge is 0.424 e. The summed E-state index contributed by atoms with van der Waals surface area (Å²) in [4.78, 5) is 0. The molecular weight excluding hydrogens is 247 g/mol. The third-order valence-corrected chi connectivity index (χ3v) is 4.57. The average molecular weight is 270 g/mol. The van der Waals surface area contributed by atoms with Gasteiger partial charge in [0, 0.05) is 0 Å². The van der Waals surface area contributed by atoms with E-state index in [-0.39, 0.29) is 5.41 Å². The molecule has 18 heavy (non-hydrogen) atoms. The predicted molar refractivity (Wildman–Crippen MR) is 75.5 cm³/mol. The summed E-state index contributed by atoms with van der Waals surface area (Å²) in [6, 6.07) is 7.71. The molecule has 102 valence electrons. The first-order valence-corrected chi connectivity index (χ1v) is 8.07. The highest BCUT2D eigenvalue weighted by Crippen LogP contribution is 2.48. The summed E-state index contributed by atoms with van der Waals surface area (Å²) in [5.41, 5.74) is 1.19. The van der Waals surface area contributed by atoms with Crippen molar-refractivity contribution in [1.82, 2.24) is 0 Å². The quantitative estimate of drug-likeness (QED) is 0.733. The SMILES string of the molecule is CCOP(=O)(CC)Oc1cccc(C(C)(C)C)c1. The van der Waals surface area contributed by atoms with Crippen LogP contribution in [-0.2, 0) is 14.5 Å². The Kier molecular flexibility index (Phi) is 5.01. The number of hydrogen-bond donors (Lipinski definition) is 0. The van der Waals surface area contributed by atoms with Gasteiger partial charge in [-0.1, -0.05) is 39.8 Å². The van der Waals surface area contributed by atoms with E-state index in [1.807, 2.05) is 38.1 Å².